The Morgan fingerprint density at radius 3 is 2.50 bits per heavy atom. The number of carbonyl (C=O) groups is 2. The number of hydrogen-bond donors (Lipinski definition) is 2. The number of urea groups is 1. The van der Waals surface area contributed by atoms with Crippen molar-refractivity contribution < 1.29 is 19.1 Å². The van der Waals surface area contributed by atoms with Crippen molar-refractivity contribution in [2.45, 2.75) is 32.4 Å². The fourth-order valence-corrected chi connectivity index (χ4v) is 1.54. The average Bonchev–Trinajstić information content (AvgIpc) is 2.37. The highest BCUT2D eigenvalue weighted by Crippen LogP contribution is 2.16. The Morgan fingerprint density at radius 1 is 1.40 bits per heavy atom. The van der Waals surface area contributed by atoms with Gasteiger partial charge in [-0.05, 0) is 38.5 Å². The maximum Gasteiger partial charge on any atom is 0.329 e. The van der Waals surface area contributed by atoms with Crippen LogP contribution in [0.5, 0.6) is 0 Å². The number of amides is 2. The normalized spacial score (nSPS) is 12.7. The minimum Gasteiger partial charge on any atom is -0.480 e. The van der Waals surface area contributed by atoms with Crippen molar-refractivity contribution in [2.24, 2.45) is 0 Å². The standard InChI is InChI=1S/C14H19FN2O3/c1-9(10-6-5-7-11(15)8-10)16-13(20)17(4)14(2,3)12(18)19/h5-9H,1-4H3,(H,16,20)(H,18,19). The van der Waals surface area contributed by atoms with Crippen LogP contribution >= 0.6 is 0 Å². The van der Waals surface area contributed by atoms with E-state index in [1.54, 1.807) is 19.1 Å². The highest BCUT2D eigenvalue weighted by Gasteiger charge is 2.35. The highest BCUT2D eigenvalue weighted by molar-refractivity contribution is 5.85. The molecule has 1 unspecified atom stereocenters. The first kappa shape index (κ1) is 15.9. The summed E-state index contributed by atoms with van der Waals surface area (Å²) in [6.07, 6.45) is 0. The van der Waals surface area contributed by atoms with E-state index < -0.39 is 23.6 Å². The molecular formula is C14H19FN2O3. The summed E-state index contributed by atoms with van der Waals surface area (Å²) in [5.41, 5.74) is -0.717. The molecular weight excluding hydrogens is 263 g/mol. The molecule has 0 aliphatic rings. The number of benzene rings is 1. The van der Waals surface area contributed by atoms with Crippen LogP contribution in [-0.4, -0.2) is 34.6 Å². The maximum atomic E-state index is 13.1. The number of nitrogens with one attached hydrogen (secondary N) is 1. The van der Waals surface area contributed by atoms with Crippen LogP contribution in [0.1, 0.15) is 32.4 Å². The van der Waals surface area contributed by atoms with Gasteiger partial charge in [-0.15, -0.1) is 0 Å². The third-order valence-corrected chi connectivity index (χ3v) is 3.36. The third-order valence-electron chi connectivity index (χ3n) is 3.36. The van der Waals surface area contributed by atoms with E-state index in [9.17, 15) is 14.0 Å². The molecule has 2 N–H and O–H groups in total. The molecule has 2 amide bonds. The van der Waals surface area contributed by atoms with E-state index in [2.05, 4.69) is 5.32 Å². The average molecular weight is 282 g/mol. The van der Waals surface area contributed by atoms with Crippen LogP contribution in [0.3, 0.4) is 0 Å². The monoisotopic (exact) mass is 282 g/mol. The predicted octanol–water partition coefficient (Wildman–Crippen LogP) is 2.39. The van der Waals surface area contributed by atoms with Crippen molar-refractivity contribution in [3.05, 3.63) is 35.6 Å². The first-order valence-electron chi connectivity index (χ1n) is 6.19. The van der Waals surface area contributed by atoms with Gasteiger partial charge in [-0.1, -0.05) is 12.1 Å². The second-order valence-corrected chi connectivity index (χ2v) is 5.15. The van der Waals surface area contributed by atoms with Gasteiger partial charge in [0, 0.05) is 7.05 Å². The molecule has 1 aromatic rings. The number of carboxylic acids is 1. The Bertz CT molecular complexity index is 517. The van der Waals surface area contributed by atoms with Gasteiger partial charge in [-0.2, -0.15) is 0 Å². The van der Waals surface area contributed by atoms with E-state index in [0.717, 1.165) is 4.90 Å². The van der Waals surface area contributed by atoms with E-state index in [4.69, 9.17) is 5.11 Å². The van der Waals surface area contributed by atoms with E-state index in [1.165, 1.54) is 33.0 Å². The molecule has 0 bridgehead atoms. The molecule has 6 heteroatoms. The van der Waals surface area contributed by atoms with E-state index in [1.807, 2.05) is 0 Å². The minimum atomic E-state index is -1.33. The van der Waals surface area contributed by atoms with Crippen LogP contribution < -0.4 is 5.32 Å². The summed E-state index contributed by atoms with van der Waals surface area (Å²) in [6, 6.07) is 4.93. The predicted molar refractivity (Wildman–Crippen MR) is 72.8 cm³/mol. The molecule has 20 heavy (non-hydrogen) atoms. The number of aliphatic carboxylic acids is 1. The molecule has 0 aromatic heterocycles. The number of halogens is 1. The Kier molecular flexibility index (Phi) is 4.70. The van der Waals surface area contributed by atoms with E-state index in [-0.39, 0.29) is 5.82 Å². The van der Waals surface area contributed by atoms with Gasteiger partial charge in [0.2, 0.25) is 0 Å². The summed E-state index contributed by atoms with van der Waals surface area (Å²) in [4.78, 5) is 24.2. The number of hydrogen-bond acceptors (Lipinski definition) is 2. The molecule has 0 fully saturated rings. The van der Waals surface area contributed by atoms with Gasteiger partial charge in [0.05, 0.1) is 6.04 Å². The Morgan fingerprint density at radius 2 is 2.00 bits per heavy atom. The van der Waals surface area contributed by atoms with Crippen molar-refractivity contribution in [3.63, 3.8) is 0 Å². The zero-order valence-corrected chi connectivity index (χ0v) is 12.0. The fraction of sp³-hybridized carbons (Fsp3) is 0.429. The topological polar surface area (TPSA) is 69.6 Å². The lowest BCUT2D eigenvalue weighted by atomic mass is 10.0. The molecule has 110 valence electrons. The SMILES string of the molecule is CC(NC(=O)N(C)C(C)(C)C(=O)O)c1cccc(F)c1. The van der Waals surface area contributed by atoms with E-state index in [0.29, 0.717) is 5.56 Å². The molecule has 0 saturated heterocycles. The fourth-order valence-electron chi connectivity index (χ4n) is 1.54. The first-order valence-corrected chi connectivity index (χ1v) is 6.19. The van der Waals surface area contributed by atoms with Crippen LogP contribution in [0.4, 0.5) is 9.18 Å². The lowest BCUT2D eigenvalue weighted by Gasteiger charge is -2.32. The number of likely N-dealkylation sites (N-methyl/N-ethyl adjacent to an activating group) is 1. The maximum absolute atomic E-state index is 13.1. The number of nitrogens with zero attached hydrogens (tertiary/aromatic N) is 1. The summed E-state index contributed by atoms with van der Waals surface area (Å²) >= 11 is 0. The Hall–Kier alpha value is -2.11. The molecule has 0 aliphatic carbocycles. The molecule has 0 aliphatic heterocycles. The molecule has 1 aromatic carbocycles. The summed E-state index contributed by atoms with van der Waals surface area (Å²) in [7, 11) is 1.40. The van der Waals surface area contributed by atoms with Crippen LogP contribution in [0.25, 0.3) is 0 Å². The zero-order valence-electron chi connectivity index (χ0n) is 12.0. The number of carboxylic acid groups (broad SMARTS) is 1. The third kappa shape index (κ3) is 3.46. The molecule has 0 heterocycles. The molecule has 1 rings (SSSR count). The molecule has 5 nitrogen and oxygen atoms in total. The Balaban J connectivity index is 2.78. The van der Waals surface area contributed by atoms with Crippen molar-refractivity contribution in [1.29, 1.82) is 0 Å². The van der Waals surface area contributed by atoms with Crippen molar-refractivity contribution in [1.82, 2.24) is 10.2 Å². The van der Waals surface area contributed by atoms with Crippen molar-refractivity contribution in [3.8, 4) is 0 Å². The minimum absolute atomic E-state index is 0.386. The van der Waals surface area contributed by atoms with E-state index >= 15 is 0 Å². The Labute approximate surface area is 117 Å². The van der Waals surface area contributed by atoms with Gasteiger partial charge in [0.15, 0.2) is 0 Å². The molecule has 0 saturated carbocycles. The van der Waals surface area contributed by atoms with Gasteiger partial charge in [-0.25, -0.2) is 14.0 Å². The smallest absolute Gasteiger partial charge is 0.329 e. The quantitative estimate of drug-likeness (QED) is 0.891. The van der Waals surface area contributed by atoms with Crippen molar-refractivity contribution in [2.75, 3.05) is 7.05 Å². The first-order chi connectivity index (χ1) is 9.16. The lowest BCUT2D eigenvalue weighted by molar-refractivity contribution is -0.146. The zero-order chi connectivity index (χ0) is 15.5. The number of rotatable bonds is 4. The van der Waals surface area contributed by atoms with Gasteiger partial charge in [-0.3, -0.25) is 0 Å². The highest BCUT2D eigenvalue weighted by atomic mass is 19.1. The van der Waals surface area contributed by atoms with Gasteiger partial charge >= 0.3 is 12.0 Å². The van der Waals surface area contributed by atoms with Crippen LogP contribution in [0, 0.1) is 5.82 Å². The molecule has 0 spiro atoms. The number of carbonyl (C=O) groups excluding carboxylic acids is 1. The van der Waals surface area contributed by atoms with Gasteiger partial charge in [0.1, 0.15) is 11.4 Å². The van der Waals surface area contributed by atoms with Crippen LogP contribution in [0.15, 0.2) is 24.3 Å². The van der Waals surface area contributed by atoms with Gasteiger partial charge < -0.3 is 15.3 Å². The van der Waals surface area contributed by atoms with Crippen LogP contribution in [0.2, 0.25) is 0 Å². The molecule has 0 radical (unpaired) electrons. The largest absolute Gasteiger partial charge is 0.480 e. The second-order valence-electron chi connectivity index (χ2n) is 5.15. The molecule has 1 atom stereocenters. The summed E-state index contributed by atoms with van der Waals surface area (Å²) < 4.78 is 13.1. The van der Waals surface area contributed by atoms with Crippen molar-refractivity contribution >= 4 is 12.0 Å². The lowest BCUT2D eigenvalue weighted by Crippen LogP contribution is -2.54. The second kappa shape index (κ2) is 5.90. The summed E-state index contributed by atoms with van der Waals surface area (Å²) in [5.74, 6) is -1.49. The van der Waals surface area contributed by atoms with Crippen LogP contribution in [-0.2, 0) is 4.79 Å². The van der Waals surface area contributed by atoms with Gasteiger partial charge in [0.25, 0.3) is 0 Å². The summed E-state index contributed by atoms with van der Waals surface area (Å²) in [5, 5.41) is 11.7. The summed E-state index contributed by atoms with van der Waals surface area (Å²) in [6.45, 7) is 4.57.